The van der Waals surface area contributed by atoms with Gasteiger partial charge in [0.2, 0.25) is 0 Å². The van der Waals surface area contributed by atoms with Crippen molar-refractivity contribution in [3.8, 4) is 0 Å². The van der Waals surface area contributed by atoms with Crippen LogP contribution >= 0.6 is 11.6 Å². The van der Waals surface area contributed by atoms with Crippen molar-refractivity contribution in [2.24, 2.45) is 0 Å². The van der Waals surface area contributed by atoms with Gasteiger partial charge in [0.1, 0.15) is 6.33 Å². The van der Waals surface area contributed by atoms with Crippen LogP contribution in [-0.4, -0.2) is 40.3 Å². The van der Waals surface area contributed by atoms with E-state index in [4.69, 9.17) is 16.3 Å². The number of ether oxygens (including phenoxy) is 1. The Morgan fingerprint density at radius 2 is 1.96 bits per heavy atom. The molecule has 3 aromatic rings. The third-order valence-electron chi connectivity index (χ3n) is 5.05. The van der Waals surface area contributed by atoms with Crippen molar-refractivity contribution in [3.63, 3.8) is 0 Å². The molecule has 4 rings (SSSR count). The highest BCUT2D eigenvalue weighted by atomic mass is 35.5. The lowest BCUT2D eigenvalue weighted by Gasteiger charge is -2.38. The second-order valence-electron chi connectivity index (χ2n) is 6.60. The zero-order valence-corrected chi connectivity index (χ0v) is 14.9. The largest absolute Gasteiger partial charge is 0.381 e. The van der Waals surface area contributed by atoms with E-state index in [9.17, 15) is 4.79 Å². The second kappa shape index (κ2) is 7.05. The highest BCUT2D eigenvalue weighted by Crippen LogP contribution is 2.35. The van der Waals surface area contributed by atoms with Crippen LogP contribution < -0.4 is 5.32 Å². The van der Waals surface area contributed by atoms with Crippen LogP contribution in [0.5, 0.6) is 0 Å². The lowest BCUT2D eigenvalue weighted by molar-refractivity contribution is 0.0487. The van der Waals surface area contributed by atoms with Crippen LogP contribution in [0, 0.1) is 0 Å². The first-order valence-electron chi connectivity index (χ1n) is 8.58. The molecule has 1 amide bonds. The third kappa shape index (κ3) is 3.30. The van der Waals surface area contributed by atoms with Gasteiger partial charge >= 0.3 is 0 Å². The number of benzene rings is 1. The monoisotopic (exact) mass is 370 g/mol. The SMILES string of the molecule is O=C(NCC1(c2ccc(Cl)cc2)CCOCC1)c1ccc2nncn2c1. The normalized spacial score (nSPS) is 16.5. The molecule has 7 heteroatoms. The van der Waals surface area contributed by atoms with Crippen LogP contribution in [0.1, 0.15) is 28.8 Å². The molecule has 0 bridgehead atoms. The van der Waals surface area contributed by atoms with Crippen molar-refractivity contribution in [3.05, 3.63) is 65.1 Å². The van der Waals surface area contributed by atoms with Crippen LogP contribution in [-0.2, 0) is 10.2 Å². The summed E-state index contributed by atoms with van der Waals surface area (Å²) < 4.78 is 7.28. The van der Waals surface area contributed by atoms with E-state index in [2.05, 4.69) is 15.5 Å². The summed E-state index contributed by atoms with van der Waals surface area (Å²) in [6.45, 7) is 1.92. The minimum atomic E-state index is -0.140. The number of aromatic nitrogens is 3. The van der Waals surface area contributed by atoms with E-state index in [1.165, 1.54) is 5.56 Å². The van der Waals surface area contributed by atoms with Gasteiger partial charge in [-0.25, -0.2) is 0 Å². The molecule has 1 fully saturated rings. The predicted octanol–water partition coefficient (Wildman–Crippen LogP) is 2.86. The molecule has 2 aromatic heterocycles. The molecule has 0 radical (unpaired) electrons. The maximum Gasteiger partial charge on any atom is 0.252 e. The van der Waals surface area contributed by atoms with Crippen LogP contribution in [0.25, 0.3) is 5.65 Å². The number of hydrogen-bond donors (Lipinski definition) is 1. The van der Waals surface area contributed by atoms with Gasteiger partial charge in [-0.3, -0.25) is 9.20 Å². The van der Waals surface area contributed by atoms with Crippen molar-refractivity contribution in [2.75, 3.05) is 19.8 Å². The number of carbonyl (C=O) groups is 1. The first kappa shape index (κ1) is 17.0. The van der Waals surface area contributed by atoms with E-state index in [1.807, 2.05) is 24.3 Å². The van der Waals surface area contributed by atoms with E-state index in [-0.39, 0.29) is 11.3 Å². The summed E-state index contributed by atoms with van der Waals surface area (Å²) in [6, 6.07) is 11.4. The first-order chi connectivity index (χ1) is 12.7. The quantitative estimate of drug-likeness (QED) is 0.766. The van der Waals surface area contributed by atoms with Gasteiger partial charge in [-0.05, 0) is 42.7 Å². The Morgan fingerprint density at radius 3 is 2.73 bits per heavy atom. The molecule has 0 saturated carbocycles. The number of carbonyl (C=O) groups excluding carboxylic acids is 1. The summed E-state index contributed by atoms with van der Waals surface area (Å²) in [4.78, 5) is 12.7. The highest BCUT2D eigenvalue weighted by molar-refractivity contribution is 6.30. The predicted molar refractivity (Wildman–Crippen MR) is 98.5 cm³/mol. The van der Waals surface area contributed by atoms with Crippen molar-refractivity contribution in [1.82, 2.24) is 19.9 Å². The average molecular weight is 371 g/mol. The summed E-state index contributed by atoms with van der Waals surface area (Å²) in [5.41, 5.74) is 2.33. The molecule has 1 aliphatic heterocycles. The Kier molecular flexibility index (Phi) is 4.61. The average Bonchev–Trinajstić information content (AvgIpc) is 3.15. The van der Waals surface area contributed by atoms with E-state index in [0.717, 1.165) is 12.8 Å². The smallest absolute Gasteiger partial charge is 0.252 e. The van der Waals surface area contributed by atoms with Crippen LogP contribution in [0.3, 0.4) is 0 Å². The standard InChI is InChI=1S/C19H19ClN4O2/c20-16-4-2-15(3-5-16)19(7-9-26-10-8-19)12-21-18(25)14-1-6-17-23-22-13-24(17)11-14/h1-6,11,13H,7-10,12H2,(H,21,25). The molecular weight excluding hydrogens is 352 g/mol. The molecule has 0 spiro atoms. The lowest BCUT2D eigenvalue weighted by Crippen LogP contribution is -2.44. The molecule has 1 aliphatic rings. The molecule has 0 aliphatic carbocycles. The van der Waals surface area contributed by atoms with E-state index in [1.54, 1.807) is 29.1 Å². The lowest BCUT2D eigenvalue weighted by atomic mass is 9.74. The summed E-state index contributed by atoms with van der Waals surface area (Å²) in [7, 11) is 0. The maximum atomic E-state index is 12.7. The zero-order valence-electron chi connectivity index (χ0n) is 14.2. The van der Waals surface area contributed by atoms with Crippen LogP contribution in [0.15, 0.2) is 48.9 Å². The molecule has 1 N–H and O–H groups in total. The maximum absolute atomic E-state index is 12.7. The van der Waals surface area contributed by atoms with Gasteiger partial charge in [0.05, 0.1) is 5.56 Å². The van der Waals surface area contributed by atoms with Crippen molar-refractivity contribution >= 4 is 23.2 Å². The van der Waals surface area contributed by atoms with Crippen LogP contribution in [0.2, 0.25) is 5.02 Å². The second-order valence-corrected chi connectivity index (χ2v) is 7.03. The van der Waals surface area contributed by atoms with Crippen molar-refractivity contribution in [1.29, 1.82) is 0 Å². The topological polar surface area (TPSA) is 68.5 Å². The minimum Gasteiger partial charge on any atom is -0.381 e. The van der Waals surface area contributed by atoms with Gasteiger partial charge in [0, 0.05) is 36.4 Å². The number of fused-ring (bicyclic) bond motifs is 1. The molecule has 0 atom stereocenters. The van der Waals surface area contributed by atoms with Gasteiger partial charge < -0.3 is 10.1 Å². The summed E-state index contributed by atoms with van der Waals surface area (Å²) in [6.07, 6.45) is 5.04. The number of rotatable bonds is 4. The fourth-order valence-corrected chi connectivity index (χ4v) is 3.57. The summed E-state index contributed by atoms with van der Waals surface area (Å²) in [5, 5.41) is 11.6. The van der Waals surface area contributed by atoms with Gasteiger partial charge in [-0.15, -0.1) is 10.2 Å². The van der Waals surface area contributed by atoms with E-state index in [0.29, 0.717) is 36.0 Å². The van der Waals surface area contributed by atoms with E-state index < -0.39 is 0 Å². The Bertz CT molecular complexity index is 917. The number of nitrogens with one attached hydrogen (secondary N) is 1. The van der Waals surface area contributed by atoms with Gasteiger partial charge in [-0.1, -0.05) is 23.7 Å². The molecular formula is C19H19ClN4O2. The third-order valence-corrected chi connectivity index (χ3v) is 5.30. The zero-order chi connectivity index (χ0) is 18.0. The van der Waals surface area contributed by atoms with Crippen molar-refractivity contribution < 1.29 is 9.53 Å². The fourth-order valence-electron chi connectivity index (χ4n) is 3.45. The summed E-state index contributed by atoms with van der Waals surface area (Å²) in [5.74, 6) is -0.111. The first-order valence-corrected chi connectivity index (χ1v) is 8.96. The van der Waals surface area contributed by atoms with Crippen molar-refractivity contribution in [2.45, 2.75) is 18.3 Å². The number of amides is 1. The summed E-state index contributed by atoms with van der Waals surface area (Å²) >= 11 is 6.03. The van der Waals surface area contributed by atoms with Gasteiger partial charge in [-0.2, -0.15) is 0 Å². The molecule has 1 saturated heterocycles. The fraction of sp³-hybridized carbons (Fsp3) is 0.316. The molecule has 6 nitrogen and oxygen atoms in total. The molecule has 1 aromatic carbocycles. The van der Waals surface area contributed by atoms with Crippen LogP contribution in [0.4, 0.5) is 0 Å². The Morgan fingerprint density at radius 1 is 1.19 bits per heavy atom. The highest BCUT2D eigenvalue weighted by Gasteiger charge is 2.35. The van der Waals surface area contributed by atoms with Gasteiger partial charge in [0.15, 0.2) is 5.65 Å². The Balaban J connectivity index is 1.54. The Labute approximate surface area is 156 Å². The number of nitrogens with zero attached hydrogens (tertiary/aromatic N) is 3. The van der Waals surface area contributed by atoms with E-state index >= 15 is 0 Å². The molecule has 0 unspecified atom stereocenters. The number of halogens is 1. The van der Waals surface area contributed by atoms with Gasteiger partial charge in [0.25, 0.3) is 5.91 Å². The molecule has 134 valence electrons. The number of pyridine rings is 1. The minimum absolute atomic E-state index is 0.111. The molecule has 26 heavy (non-hydrogen) atoms. The number of hydrogen-bond acceptors (Lipinski definition) is 4. The molecule has 3 heterocycles. The Hall–Kier alpha value is -2.44.